The van der Waals surface area contributed by atoms with Gasteiger partial charge in [0, 0.05) is 0 Å². The smallest absolute Gasteiger partial charge is 0.242 e. The summed E-state index contributed by atoms with van der Waals surface area (Å²) in [6.45, 7) is 1.83. The summed E-state index contributed by atoms with van der Waals surface area (Å²) in [5.41, 5.74) is 0.759. The van der Waals surface area contributed by atoms with Crippen molar-refractivity contribution in [2.45, 2.75) is 24.8 Å². The van der Waals surface area contributed by atoms with Crippen molar-refractivity contribution >= 4 is 17.5 Å². The second-order valence-corrected chi connectivity index (χ2v) is 4.01. The van der Waals surface area contributed by atoms with E-state index in [0.717, 1.165) is 5.56 Å². The first-order valence-electron chi connectivity index (χ1n) is 5.29. The van der Waals surface area contributed by atoms with Crippen LogP contribution in [0.3, 0.4) is 0 Å². The highest BCUT2D eigenvalue weighted by Gasteiger charge is 2.19. The fraction of sp³-hybridized carbons (Fsp3) is 0.417. The lowest BCUT2D eigenvalue weighted by Gasteiger charge is -2.16. The third kappa shape index (κ3) is 3.51. The predicted octanol–water partition coefficient (Wildman–Crippen LogP) is 1.85. The van der Waals surface area contributed by atoms with E-state index in [4.69, 9.17) is 16.7 Å². The third-order valence-electron chi connectivity index (χ3n) is 2.38. The summed E-state index contributed by atoms with van der Waals surface area (Å²) in [5, 5.41) is 11.0. The summed E-state index contributed by atoms with van der Waals surface area (Å²) >= 11 is 6.02. The van der Waals surface area contributed by atoms with Gasteiger partial charge in [-0.1, -0.05) is 37.3 Å². The largest absolute Gasteiger partial charge is 0.394 e. The SMILES string of the molecule is CC[C@@H](CO)NC(=O)C(Cl)c1ccccc1. The van der Waals surface area contributed by atoms with Crippen molar-refractivity contribution in [3.63, 3.8) is 0 Å². The molecular weight excluding hydrogens is 226 g/mol. The van der Waals surface area contributed by atoms with Crippen molar-refractivity contribution in [2.24, 2.45) is 0 Å². The second kappa shape index (κ2) is 6.51. The summed E-state index contributed by atoms with van der Waals surface area (Å²) in [6, 6.07) is 8.92. The molecule has 1 rings (SSSR count). The highest BCUT2D eigenvalue weighted by Crippen LogP contribution is 2.20. The van der Waals surface area contributed by atoms with E-state index in [9.17, 15) is 4.79 Å². The van der Waals surface area contributed by atoms with Crippen molar-refractivity contribution < 1.29 is 9.90 Å². The average Bonchev–Trinajstić information content (AvgIpc) is 2.35. The van der Waals surface area contributed by atoms with Crippen LogP contribution in [0.2, 0.25) is 0 Å². The van der Waals surface area contributed by atoms with E-state index in [1.165, 1.54) is 0 Å². The number of hydrogen-bond acceptors (Lipinski definition) is 2. The van der Waals surface area contributed by atoms with E-state index in [-0.39, 0.29) is 18.6 Å². The Hall–Kier alpha value is -1.06. The predicted molar refractivity (Wildman–Crippen MR) is 64.3 cm³/mol. The zero-order valence-electron chi connectivity index (χ0n) is 9.19. The molecule has 0 saturated heterocycles. The van der Waals surface area contributed by atoms with Gasteiger partial charge in [-0.15, -0.1) is 11.6 Å². The van der Waals surface area contributed by atoms with Gasteiger partial charge in [0.2, 0.25) is 5.91 Å². The van der Waals surface area contributed by atoms with Gasteiger partial charge in [-0.25, -0.2) is 0 Å². The molecule has 0 aliphatic carbocycles. The monoisotopic (exact) mass is 241 g/mol. The number of rotatable bonds is 5. The number of hydrogen-bond donors (Lipinski definition) is 2. The van der Waals surface area contributed by atoms with Crippen LogP contribution in [0.25, 0.3) is 0 Å². The van der Waals surface area contributed by atoms with Gasteiger partial charge in [0.05, 0.1) is 12.6 Å². The van der Waals surface area contributed by atoms with Crippen LogP contribution in [0.15, 0.2) is 30.3 Å². The minimum atomic E-state index is -0.707. The van der Waals surface area contributed by atoms with Crippen LogP contribution in [-0.4, -0.2) is 23.7 Å². The van der Waals surface area contributed by atoms with Gasteiger partial charge in [-0.05, 0) is 12.0 Å². The van der Waals surface area contributed by atoms with Crippen LogP contribution in [0.5, 0.6) is 0 Å². The summed E-state index contributed by atoms with van der Waals surface area (Å²) in [5.74, 6) is -0.270. The van der Waals surface area contributed by atoms with E-state index in [2.05, 4.69) is 5.32 Å². The number of carbonyl (C=O) groups excluding carboxylic acids is 1. The molecule has 0 aromatic heterocycles. The minimum Gasteiger partial charge on any atom is -0.394 e. The molecule has 0 aliphatic heterocycles. The molecule has 0 fully saturated rings. The van der Waals surface area contributed by atoms with Gasteiger partial charge in [0.1, 0.15) is 5.38 Å². The number of alkyl halides is 1. The molecule has 1 aromatic carbocycles. The standard InChI is InChI=1S/C12H16ClNO2/c1-2-10(8-15)14-12(16)11(13)9-6-4-3-5-7-9/h3-7,10-11,15H,2,8H2,1H3,(H,14,16)/t10-,11?/m0/s1. The number of carbonyl (C=O) groups is 1. The lowest BCUT2D eigenvalue weighted by molar-refractivity contribution is -0.121. The Morgan fingerprint density at radius 1 is 1.44 bits per heavy atom. The third-order valence-corrected chi connectivity index (χ3v) is 2.83. The van der Waals surface area contributed by atoms with Gasteiger partial charge in [-0.2, -0.15) is 0 Å². The van der Waals surface area contributed by atoms with E-state index in [1.807, 2.05) is 25.1 Å². The molecule has 88 valence electrons. The van der Waals surface area contributed by atoms with Crippen molar-refractivity contribution in [1.29, 1.82) is 0 Å². The average molecular weight is 242 g/mol. The van der Waals surface area contributed by atoms with Crippen LogP contribution in [0.1, 0.15) is 24.3 Å². The Morgan fingerprint density at radius 2 is 2.06 bits per heavy atom. The minimum absolute atomic E-state index is 0.0688. The molecule has 0 saturated carbocycles. The van der Waals surface area contributed by atoms with Crippen molar-refractivity contribution in [3.8, 4) is 0 Å². The molecule has 1 unspecified atom stereocenters. The second-order valence-electron chi connectivity index (χ2n) is 3.57. The molecule has 0 aliphatic rings. The number of benzene rings is 1. The maximum absolute atomic E-state index is 11.7. The van der Waals surface area contributed by atoms with Gasteiger partial charge >= 0.3 is 0 Å². The lowest BCUT2D eigenvalue weighted by Crippen LogP contribution is -2.38. The Bertz CT molecular complexity index is 325. The number of amides is 1. The first kappa shape index (κ1) is 13.0. The Labute approximate surface area is 100 Å². The first-order valence-corrected chi connectivity index (χ1v) is 5.73. The van der Waals surface area contributed by atoms with E-state index >= 15 is 0 Å². The summed E-state index contributed by atoms with van der Waals surface area (Å²) in [6.07, 6.45) is 0.681. The van der Waals surface area contributed by atoms with Crippen LogP contribution in [0, 0.1) is 0 Å². The molecule has 16 heavy (non-hydrogen) atoms. The van der Waals surface area contributed by atoms with Gasteiger partial charge in [0.25, 0.3) is 0 Å². The van der Waals surface area contributed by atoms with Gasteiger partial charge in [-0.3, -0.25) is 4.79 Å². The molecule has 0 heterocycles. The van der Waals surface area contributed by atoms with E-state index < -0.39 is 5.38 Å². The summed E-state index contributed by atoms with van der Waals surface area (Å²) < 4.78 is 0. The maximum Gasteiger partial charge on any atom is 0.242 e. The highest BCUT2D eigenvalue weighted by molar-refractivity contribution is 6.30. The quantitative estimate of drug-likeness (QED) is 0.773. The molecule has 1 aromatic rings. The van der Waals surface area contributed by atoms with Crippen molar-refractivity contribution in [2.75, 3.05) is 6.61 Å². The maximum atomic E-state index is 11.7. The van der Waals surface area contributed by atoms with Crippen molar-refractivity contribution in [3.05, 3.63) is 35.9 Å². The Balaban J connectivity index is 2.61. The van der Waals surface area contributed by atoms with Crippen molar-refractivity contribution in [1.82, 2.24) is 5.32 Å². The molecule has 2 N–H and O–H groups in total. The number of aliphatic hydroxyl groups is 1. The zero-order chi connectivity index (χ0) is 12.0. The van der Waals surface area contributed by atoms with E-state index in [0.29, 0.717) is 6.42 Å². The van der Waals surface area contributed by atoms with E-state index in [1.54, 1.807) is 12.1 Å². The number of halogens is 1. The molecule has 1 amide bonds. The normalized spacial score (nSPS) is 14.2. The molecule has 2 atom stereocenters. The van der Waals surface area contributed by atoms with Crippen LogP contribution in [0.4, 0.5) is 0 Å². The van der Waals surface area contributed by atoms with Gasteiger partial charge < -0.3 is 10.4 Å². The Kier molecular flexibility index (Phi) is 5.29. The number of nitrogens with one attached hydrogen (secondary N) is 1. The molecule has 0 bridgehead atoms. The molecule has 0 radical (unpaired) electrons. The summed E-state index contributed by atoms with van der Waals surface area (Å²) in [4.78, 5) is 11.7. The fourth-order valence-electron chi connectivity index (χ4n) is 1.32. The Morgan fingerprint density at radius 3 is 2.56 bits per heavy atom. The topological polar surface area (TPSA) is 49.3 Å². The first-order chi connectivity index (χ1) is 7.69. The number of aliphatic hydroxyl groups excluding tert-OH is 1. The highest BCUT2D eigenvalue weighted by atomic mass is 35.5. The summed E-state index contributed by atoms with van der Waals surface area (Å²) in [7, 11) is 0. The van der Waals surface area contributed by atoms with Crippen LogP contribution >= 0.6 is 11.6 Å². The molecule has 3 nitrogen and oxygen atoms in total. The molecule has 4 heteroatoms. The molecular formula is C12H16ClNO2. The van der Waals surface area contributed by atoms with Crippen LogP contribution in [-0.2, 0) is 4.79 Å². The zero-order valence-corrected chi connectivity index (χ0v) is 9.95. The van der Waals surface area contributed by atoms with Crippen LogP contribution < -0.4 is 5.32 Å². The lowest BCUT2D eigenvalue weighted by atomic mass is 10.1. The fourth-order valence-corrected chi connectivity index (χ4v) is 1.53. The van der Waals surface area contributed by atoms with Gasteiger partial charge in [0.15, 0.2) is 0 Å². The molecule has 0 spiro atoms.